The van der Waals surface area contributed by atoms with Crippen molar-refractivity contribution in [3.63, 3.8) is 0 Å². The van der Waals surface area contributed by atoms with Crippen molar-refractivity contribution in [3.8, 4) is 0 Å². The van der Waals surface area contributed by atoms with Crippen LogP contribution in [0.15, 0.2) is 10.5 Å². The van der Waals surface area contributed by atoms with Crippen LogP contribution in [0.4, 0.5) is 0 Å². The lowest BCUT2D eigenvalue weighted by Crippen LogP contribution is -2.29. The lowest BCUT2D eigenvalue weighted by Gasteiger charge is -2.21. The van der Waals surface area contributed by atoms with Crippen LogP contribution in [-0.4, -0.2) is 24.1 Å². The maximum atomic E-state index is 12.2. The van der Waals surface area contributed by atoms with E-state index in [2.05, 4.69) is 5.32 Å². The molecule has 0 aromatic carbocycles. The fourth-order valence-corrected chi connectivity index (χ4v) is 3.97. The molecule has 0 aromatic rings. The van der Waals surface area contributed by atoms with Crippen LogP contribution in [0.25, 0.3) is 0 Å². The molecule has 0 saturated carbocycles. The van der Waals surface area contributed by atoms with Crippen molar-refractivity contribution in [2.75, 3.05) is 13.1 Å². The van der Waals surface area contributed by atoms with E-state index in [1.807, 2.05) is 32.5 Å². The summed E-state index contributed by atoms with van der Waals surface area (Å²) < 4.78 is 0. The first-order valence-electron chi connectivity index (χ1n) is 6.11. The maximum Gasteiger partial charge on any atom is 0.151 e. The number of rotatable bonds is 1. The van der Waals surface area contributed by atoms with E-state index in [1.165, 1.54) is 10.5 Å². The number of thioether (sulfide) groups is 1. The van der Waals surface area contributed by atoms with Gasteiger partial charge >= 0.3 is 0 Å². The quantitative estimate of drug-likeness (QED) is 0.763. The molecule has 1 N–H and O–H groups in total. The van der Waals surface area contributed by atoms with Crippen LogP contribution in [0.2, 0.25) is 0 Å². The molecule has 3 heteroatoms. The summed E-state index contributed by atoms with van der Waals surface area (Å²) in [5.41, 5.74) is 1.35. The Morgan fingerprint density at radius 2 is 2.00 bits per heavy atom. The molecule has 0 amide bonds. The molecule has 90 valence electrons. The molecule has 1 unspecified atom stereocenters. The zero-order valence-corrected chi connectivity index (χ0v) is 11.2. The van der Waals surface area contributed by atoms with Crippen LogP contribution in [0.1, 0.15) is 40.0 Å². The largest absolute Gasteiger partial charge is 0.316 e. The molecule has 0 spiro atoms. The number of Topliss-reactive ketones (excluding diaryl/α,β-unsaturated/α-hetero) is 1. The Labute approximate surface area is 102 Å². The highest BCUT2D eigenvalue weighted by atomic mass is 32.2. The predicted molar refractivity (Wildman–Crippen MR) is 69.6 cm³/mol. The topological polar surface area (TPSA) is 29.1 Å². The minimum Gasteiger partial charge on any atom is -0.316 e. The monoisotopic (exact) mass is 239 g/mol. The summed E-state index contributed by atoms with van der Waals surface area (Å²) in [6.07, 6.45) is 3.25. The molecular weight excluding hydrogens is 218 g/mol. The molecule has 0 radical (unpaired) electrons. The number of carbonyl (C=O) groups is 1. The molecule has 0 aromatic heterocycles. The molecule has 0 bridgehead atoms. The SMILES string of the molecule is CC(C)(C)C(=O)C1CC2=C(CCNCC2)S1. The highest BCUT2D eigenvalue weighted by Crippen LogP contribution is 2.44. The average molecular weight is 239 g/mol. The fraction of sp³-hybridized carbons (Fsp3) is 0.769. The van der Waals surface area contributed by atoms with Crippen LogP contribution in [0.5, 0.6) is 0 Å². The van der Waals surface area contributed by atoms with Crippen molar-refractivity contribution in [1.82, 2.24) is 5.32 Å². The molecular formula is C13H21NOS. The van der Waals surface area contributed by atoms with Crippen LogP contribution in [-0.2, 0) is 4.79 Å². The normalized spacial score (nSPS) is 26.6. The zero-order chi connectivity index (χ0) is 11.8. The molecule has 2 rings (SSSR count). The van der Waals surface area contributed by atoms with E-state index in [9.17, 15) is 4.79 Å². The first-order valence-corrected chi connectivity index (χ1v) is 6.99. The summed E-state index contributed by atoms with van der Waals surface area (Å²) in [5, 5.41) is 3.61. The van der Waals surface area contributed by atoms with Gasteiger partial charge in [-0.3, -0.25) is 4.79 Å². The third-order valence-electron chi connectivity index (χ3n) is 3.27. The second kappa shape index (κ2) is 4.53. The van der Waals surface area contributed by atoms with Gasteiger partial charge in [0.25, 0.3) is 0 Å². The molecule has 1 atom stereocenters. The number of hydrogen-bond acceptors (Lipinski definition) is 3. The second-order valence-electron chi connectivity index (χ2n) is 5.70. The van der Waals surface area contributed by atoms with Gasteiger partial charge in [0.05, 0.1) is 5.25 Å². The van der Waals surface area contributed by atoms with Crippen molar-refractivity contribution in [2.24, 2.45) is 5.41 Å². The molecule has 2 heterocycles. The first-order chi connectivity index (χ1) is 7.48. The van der Waals surface area contributed by atoms with Gasteiger partial charge in [0, 0.05) is 5.41 Å². The Hall–Kier alpha value is -0.280. The van der Waals surface area contributed by atoms with Crippen LogP contribution < -0.4 is 5.32 Å². The Morgan fingerprint density at radius 1 is 1.31 bits per heavy atom. The summed E-state index contributed by atoms with van der Waals surface area (Å²) >= 11 is 1.83. The number of nitrogens with one attached hydrogen (secondary N) is 1. The highest BCUT2D eigenvalue weighted by molar-refractivity contribution is 8.04. The Bertz CT molecular complexity index is 309. The Balaban J connectivity index is 2.03. The standard InChI is InChI=1S/C13H21NOS/c1-13(2,3)12(15)11-8-9-4-6-14-7-5-10(9)16-11/h11,14H,4-8H2,1-3H3. The van der Waals surface area contributed by atoms with Gasteiger partial charge in [-0.1, -0.05) is 26.3 Å². The van der Waals surface area contributed by atoms with E-state index in [1.54, 1.807) is 0 Å². The van der Waals surface area contributed by atoms with E-state index in [4.69, 9.17) is 0 Å². The average Bonchev–Trinajstić information content (AvgIpc) is 2.47. The summed E-state index contributed by atoms with van der Waals surface area (Å²) in [7, 11) is 0. The Kier molecular flexibility index (Phi) is 3.45. The molecule has 2 aliphatic heterocycles. The summed E-state index contributed by atoms with van der Waals surface area (Å²) in [4.78, 5) is 13.7. The van der Waals surface area contributed by atoms with E-state index in [0.29, 0.717) is 5.78 Å². The van der Waals surface area contributed by atoms with Gasteiger partial charge in [-0.05, 0) is 37.3 Å². The lowest BCUT2D eigenvalue weighted by molar-refractivity contribution is -0.125. The van der Waals surface area contributed by atoms with Crippen LogP contribution >= 0.6 is 11.8 Å². The summed E-state index contributed by atoms with van der Waals surface area (Å²) in [5.74, 6) is 0.415. The highest BCUT2D eigenvalue weighted by Gasteiger charge is 2.35. The fourth-order valence-electron chi connectivity index (χ4n) is 2.31. The molecule has 0 saturated heterocycles. The zero-order valence-electron chi connectivity index (χ0n) is 10.4. The van der Waals surface area contributed by atoms with E-state index >= 15 is 0 Å². The van der Waals surface area contributed by atoms with Crippen molar-refractivity contribution in [3.05, 3.63) is 10.5 Å². The smallest absolute Gasteiger partial charge is 0.151 e. The van der Waals surface area contributed by atoms with E-state index in [0.717, 1.165) is 32.4 Å². The van der Waals surface area contributed by atoms with Gasteiger partial charge in [-0.25, -0.2) is 0 Å². The van der Waals surface area contributed by atoms with Gasteiger partial charge in [-0.2, -0.15) is 0 Å². The second-order valence-corrected chi connectivity index (χ2v) is 7.00. The molecule has 16 heavy (non-hydrogen) atoms. The first kappa shape index (κ1) is 12.2. The molecule has 0 fully saturated rings. The van der Waals surface area contributed by atoms with Gasteiger partial charge in [0.1, 0.15) is 0 Å². The maximum absolute atomic E-state index is 12.2. The summed E-state index contributed by atoms with van der Waals surface area (Å²) in [6.45, 7) is 8.24. The summed E-state index contributed by atoms with van der Waals surface area (Å²) in [6, 6.07) is 0. The molecule has 2 aliphatic rings. The minimum absolute atomic E-state index is 0.194. The molecule has 2 nitrogen and oxygen atoms in total. The van der Waals surface area contributed by atoms with Crippen molar-refractivity contribution >= 4 is 17.5 Å². The van der Waals surface area contributed by atoms with Crippen LogP contribution in [0.3, 0.4) is 0 Å². The van der Waals surface area contributed by atoms with Gasteiger partial charge < -0.3 is 5.32 Å². The van der Waals surface area contributed by atoms with Gasteiger partial charge in [-0.15, -0.1) is 11.8 Å². The number of hydrogen-bond donors (Lipinski definition) is 1. The van der Waals surface area contributed by atoms with Crippen LogP contribution in [0, 0.1) is 5.41 Å². The van der Waals surface area contributed by atoms with Gasteiger partial charge in [0.15, 0.2) is 5.78 Å². The number of carbonyl (C=O) groups excluding carboxylic acids is 1. The van der Waals surface area contributed by atoms with Crippen molar-refractivity contribution < 1.29 is 4.79 Å². The van der Waals surface area contributed by atoms with E-state index < -0.39 is 0 Å². The number of ketones is 1. The van der Waals surface area contributed by atoms with Crippen molar-refractivity contribution in [1.29, 1.82) is 0 Å². The van der Waals surface area contributed by atoms with E-state index in [-0.39, 0.29) is 10.7 Å². The third kappa shape index (κ3) is 2.51. The van der Waals surface area contributed by atoms with Gasteiger partial charge in [0.2, 0.25) is 0 Å². The van der Waals surface area contributed by atoms with Crippen molar-refractivity contribution in [2.45, 2.75) is 45.3 Å². The molecule has 0 aliphatic carbocycles. The lowest BCUT2D eigenvalue weighted by atomic mass is 9.87. The predicted octanol–water partition coefficient (Wildman–Crippen LogP) is 2.74. The minimum atomic E-state index is -0.194. The Morgan fingerprint density at radius 3 is 2.69 bits per heavy atom. The third-order valence-corrected chi connectivity index (χ3v) is 4.72.